The normalized spacial score (nSPS) is 15.0. The van der Waals surface area contributed by atoms with Gasteiger partial charge in [0.05, 0.1) is 23.0 Å². The SMILES string of the molecule is CCC(C(=O)NCCn1nc(C)c(Cl)c1C)n1nc(C(F)(F)F)c2c1CCC2. The van der Waals surface area contributed by atoms with Crippen molar-refractivity contribution in [3.05, 3.63) is 33.4 Å². The minimum atomic E-state index is -4.51. The van der Waals surface area contributed by atoms with E-state index in [2.05, 4.69) is 15.5 Å². The van der Waals surface area contributed by atoms with Crippen molar-refractivity contribution in [2.45, 2.75) is 65.2 Å². The molecule has 2 aromatic heterocycles. The largest absolute Gasteiger partial charge is 0.435 e. The Morgan fingerprint density at radius 1 is 1.29 bits per heavy atom. The summed E-state index contributed by atoms with van der Waals surface area (Å²) in [6.07, 6.45) is -2.66. The van der Waals surface area contributed by atoms with E-state index in [4.69, 9.17) is 11.6 Å². The van der Waals surface area contributed by atoms with Crippen LogP contribution in [0, 0.1) is 13.8 Å². The van der Waals surface area contributed by atoms with Gasteiger partial charge in [-0.3, -0.25) is 14.2 Å². The first-order chi connectivity index (χ1) is 13.1. The molecule has 1 amide bonds. The fraction of sp³-hybridized carbons (Fsp3) is 0.611. The third kappa shape index (κ3) is 3.76. The molecule has 0 aromatic carbocycles. The van der Waals surface area contributed by atoms with Gasteiger partial charge in [-0.15, -0.1) is 0 Å². The number of halogens is 4. The van der Waals surface area contributed by atoms with Crippen LogP contribution in [0.1, 0.15) is 54.1 Å². The molecule has 0 saturated carbocycles. The first kappa shape index (κ1) is 20.7. The molecule has 1 aliphatic carbocycles. The summed E-state index contributed by atoms with van der Waals surface area (Å²) in [5.74, 6) is -0.346. The number of rotatable bonds is 6. The maximum absolute atomic E-state index is 13.3. The fourth-order valence-corrected chi connectivity index (χ4v) is 3.85. The van der Waals surface area contributed by atoms with E-state index in [1.54, 1.807) is 18.5 Å². The highest BCUT2D eigenvalue weighted by atomic mass is 35.5. The van der Waals surface area contributed by atoms with Crippen LogP contribution in [0.2, 0.25) is 5.02 Å². The van der Waals surface area contributed by atoms with Gasteiger partial charge in [0.15, 0.2) is 5.69 Å². The van der Waals surface area contributed by atoms with E-state index in [0.29, 0.717) is 55.2 Å². The molecule has 154 valence electrons. The summed E-state index contributed by atoms with van der Waals surface area (Å²) in [6, 6.07) is -0.771. The molecule has 0 aliphatic heterocycles. The van der Waals surface area contributed by atoms with Gasteiger partial charge in [-0.2, -0.15) is 23.4 Å². The topological polar surface area (TPSA) is 64.7 Å². The van der Waals surface area contributed by atoms with Crippen molar-refractivity contribution in [3.8, 4) is 0 Å². The first-order valence-corrected chi connectivity index (χ1v) is 9.67. The van der Waals surface area contributed by atoms with Crippen LogP contribution in [0.5, 0.6) is 0 Å². The monoisotopic (exact) mass is 417 g/mol. The van der Waals surface area contributed by atoms with Gasteiger partial charge >= 0.3 is 6.18 Å². The maximum Gasteiger partial charge on any atom is 0.435 e. The molecular formula is C18H23ClF3N5O. The number of carbonyl (C=O) groups is 1. The highest BCUT2D eigenvalue weighted by Crippen LogP contribution is 2.37. The summed E-state index contributed by atoms with van der Waals surface area (Å²) < 4.78 is 42.9. The van der Waals surface area contributed by atoms with Crippen LogP contribution in [0.4, 0.5) is 13.2 Å². The van der Waals surface area contributed by atoms with Gasteiger partial charge in [0.1, 0.15) is 6.04 Å². The van der Waals surface area contributed by atoms with Crippen molar-refractivity contribution in [2.24, 2.45) is 0 Å². The van der Waals surface area contributed by atoms with E-state index in [9.17, 15) is 18.0 Å². The Bertz CT molecular complexity index is 887. The molecule has 3 rings (SSSR count). The molecule has 6 nitrogen and oxygen atoms in total. The summed E-state index contributed by atoms with van der Waals surface area (Å²) in [6.45, 7) is 6.12. The number of aryl methyl sites for hydroxylation is 1. The van der Waals surface area contributed by atoms with Crippen LogP contribution in [0.25, 0.3) is 0 Å². The smallest absolute Gasteiger partial charge is 0.352 e. The van der Waals surface area contributed by atoms with Gasteiger partial charge in [0, 0.05) is 17.8 Å². The predicted molar refractivity (Wildman–Crippen MR) is 98.3 cm³/mol. The summed E-state index contributed by atoms with van der Waals surface area (Å²) in [5, 5.41) is 11.5. The number of aromatic nitrogens is 4. The predicted octanol–water partition coefficient (Wildman–Crippen LogP) is 3.62. The van der Waals surface area contributed by atoms with Crippen molar-refractivity contribution in [1.82, 2.24) is 24.9 Å². The second-order valence-electron chi connectivity index (χ2n) is 6.99. The van der Waals surface area contributed by atoms with Crippen LogP contribution in [0.3, 0.4) is 0 Å². The lowest BCUT2D eigenvalue weighted by molar-refractivity contribution is -0.142. The number of nitrogens with zero attached hydrogens (tertiary/aromatic N) is 4. The molecule has 1 unspecified atom stereocenters. The standard InChI is InChI=1S/C18H23ClF3N5O/c1-4-13(17(28)23-8-9-26-11(3)15(19)10(2)24-26)27-14-7-5-6-12(14)16(25-27)18(20,21)22/h13H,4-9H2,1-3H3,(H,23,28). The lowest BCUT2D eigenvalue weighted by Crippen LogP contribution is -2.35. The summed E-state index contributed by atoms with van der Waals surface area (Å²) in [7, 11) is 0. The Kier molecular flexibility index (Phi) is 5.74. The second-order valence-corrected chi connectivity index (χ2v) is 7.37. The third-order valence-electron chi connectivity index (χ3n) is 5.13. The Balaban J connectivity index is 1.73. The van der Waals surface area contributed by atoms with Gasteiger partial charge < -0.3 is 5.32 Å². The number of amides is 1. The van der Waals surface area contributed by atoms with E-state index in [1.165, 1.54) is 4.68 Å². The highest BCUT2D eigenvalue weighted by molar-refractivity contribution is 6.31. The van der Waals surface area contributed by atoms with Crippen molar-refractivity contribution >= 4 is 17.5 Å². The van der Waals surface area contributed by atoms with Gasteiger partial charge in [0.25, 0.3) is 0 Å². The van der Waals surface area contributed by atoms with E-state index in [0.717, 1.165) is 5.69 Å². The van der Waals surface area contributed by atoms with E-state index >= 15 is 0 Å². The minimum Gasteiger partial charge on any atom is -0.352 e. The minimum absolute atomic E-state index is 0.232. The molecule has 0 spiro atoms. The molecule has 2 aromatic rings. The third-order valence-corrected chi connectivity index (χ3v) is 5.67. The van der Waals surface area contributed by atoms with Crippen LogP contribution in [-0.2, 0) is 30.4 Å². The number of hydrogen-bond donors (Lipinski definition) is 1. The fourth-order valence-electron chi connectivity index (χ4n) is 3.71. The average Bonchev–Trinajstić information content (AvgIpc) is 3.28. The number of carbonyl (C=O) groups excluding carboxylic acids is 1. The van der Waals surface area contributed by atoms with E-state index < -0.39 is 17.9 Å². The van der Waals surface area contributed by atoms with Crippen molar-refractivity contribution < 1.29 is 18.0 Å². The molecule has 0 fully saturated rings. The van der Waals surface area contributed by atoms with Gasteiger partial charge in [-0.05, 0) is 39.5 Å². The number of fused-ring (bicyclic) bond motifs is 1. The van der Waals surface area contributed by atoms with Gasteiger partial charge in [-0.1, -0.05) is 18.5 Å². The number of alkyl halides is 3. The van der Waals surface area contributed by atoms with E-state index in [1.807, 2.05) is 6.92 Å². The second kappa shape index (κ2) is 7.77. The van der Waals surface area contributed by atoms with Crippen LogP contribution >= 0.6 is 11.6 Å². The summed E-state index contributed by atoms with van der Waals surface area (Å²) in [5.41, 5.74) is 1.42. The van der Waals surface area contributed by atoms with Crippen LogP contribution in [-0.4, -0.2) is 32.0 Å². The summed E-state index contributed by atoms with van der Waals surface area (Å²) in [4.78, 5) is 12.7. The zero-order chi connectivity index (χ0) is 20.6. The van der Waals surface area contributed by atoms with Crippen LogP contribution in [0.15, 0.2) is 0 Å². The Hall–Kier alpha value is -2.03. The van der Waals surface area contributed by atoms with Crippen molar-refractivity contribution in [2.75, 3.05) is 6.54 Å². The van der Waals surface area contributed by atoms with Gasteiger partial charge in [-0.25, -0.2) is 0 Å². The summed E-state index contributed by atoms with van der Waals surface area (Å²) >= 11 is 6.11. The quantitative estimate of drug-likeness (QED) is 0.780. The van der Waals surface area contributed by atoms with Crippen LogP contribution < -0.4 is 5.32 Å². The zero-order valence-corrected chi connectivity index (χ0v) is 16.8. The highest BCUT2D eigenvalue weighted by Gasteiger charge is 2.41. The molecule has 1 aliphatic rings. The molecular weight excluding hydrogens is 395 g/mol. The Morgan fingerprint density at radius 2 is 2.00 bits per heavy atom. The average molecular weight is 418 g/mol. The lowest BCUT2D eigenvalue weighted by atomic mass is 10.1. The molecule has 0 radical (unpaired) electrons. The molecule has 2 heterocycles. The lowest BCUT2D eigenvalue weighted by Gasteiger charge is -2.18. The Labute approximate surface area is 166 Å². The van der Waals surface area contributed by atoms with Crippen molar-refractivity contribution in [3.63, 3.8) is 0 Å². The number of nitrogens with one attached hydrogen (secondary N) is 1. The molecule has 1 N–H and O–H groups in total. The molecule has 0 bridgehead atoms. The maximum atomic E-state index is 13.3. The molecule has 10 heteroatoms. The molecule has 1 atom stereocenters. The zero-order valence-electron chi connectivity index (χ0n) is 16.0. The van der Waals surface area contributed by atoms with Gasteiger partial charge in [0.2, 0.25) is 5.91 Å². The van der Waals surface area contributed by atoms with E-state index in [-0.39, 0.29) is 11.5 Å². The first-order valence-electron chi connectivity index (χ1n) is 9.29. The molecule has 0 saturated heterocycles. The Morgan fingerprint density at radius 3 is 2.57 bits per heavy atom. The number of hydrogen-bond acceptors (Lipinski definition) is 3. The van der Waals surface area contributed by atoms with Crippen molar-refractivity contribution in [1.29, 1.82) is 0 Å². The molecule has 28 heavy (non-hydrogen) atoms.